The Morgan fingerprint density at radius 1 is 0.778 bits per heavy atom. The first-order chi connectivity index (χ1) is 26.1. The number of para-hydroxylation sites is 1. The number of nitrogens with two attached hydrogens (primary N) is 1. The van der Waals surface area contributed by atoms with E-state index in [0.717, 1.165) is 42.4 Å². The summed E-state index contributed by atoms with van der Waals surface area (Å²) in [4.78, 5) is 37.6. The van der Waals surface area contributed by atoms with Crippen molar-refractivity contribution in [2.24, 2.45) is 5.73 Å². The van der Waals surface area contributed by atoms with E-state index in [1.807, 2.05) is 91.9 Å². The van der Waals surface area contributed by atoms with Gasteiger partial charge < -0.3 is 19.6 Å². The van der Waals surface area contributed by atoms with Crippen molar-refractivity contribution in [1.82, 2.24) is 0 Å². The molecule has 10 heteroatoms. The maximum absolute atomic E-state index is 11.9. The summed E-state index contributed by atoms with van der Waals surface area (Å²) in [5.41, 5.74) is 10.7. The molecule has 2 N–H and O–H groups in total. The molecule has 54 heavy (non-hydrogen) atoms. The van der Waals surface area contributed by atoms with E-state index in [2.05, 4.69) is 11.8 Å². The maximum Gasteiger partial charge on any atom is 0.361 e. The van der Waals surface area contributed by atoms with Crippen LogP contribution in [-0.4, -0.2) is 31.4 Å². The van der Waals surface area contributed by atoms with Gasteiger partial charge in [-0.15, -0.1) is 0 Å². The van der Waals surface area contributed by atoms with Gasteiger partial charge in [0.15, 0.2) is 12.0 Å². The lowest BCUT2D eigenvalue weighted by atomic mass is 10.0. The number of halogens is 2. The van der Waals surface area contributed by atoms with Crippen LogP contribution in [0.3, 0.4) is 0 Å². The molecule has 0 aliphatic carbocycles. The van der Waals surface area contributed by atoms with Crippen LogP contribution in [-0.2, 0) is 19.1 Å². The Kier molecular flexibility index (Phi) is 19.3. The van der Waals surface area contributed by atoms with E-state index >= 15 is 0 Å². The molecule has 0 aliphatic heterocycles. The van der Waals surface area contributed by atoms with E-state index < -0.39 is 0 Å². The molecule has 282 valence electrons. The number of aryl methyl sites for hydroxylation is 1. The molecule has 0 radical (unpaired) electrons. The van der Waals surface area contributed by atoms with Crippen molar-refractivity contribution in [2.45, 2.75) is 64.3 Å². The summed E-state index contributed by atoms with van der Waals surface area (Å²) in [5.74, 6) is 0.772. The third-order valence-corrected chi connectivity index (χ3v) is 8.74. The van der Waals surface area contributed by atoms with Gasteiger partial charge in [-0.25, -0.2) is 0 Å². The Hall–Kier alpha value is -5.20. The predicted octanol–water partition coefficient (Wildman–Crippen LogP) is 11.6. The number of hydrogen-bond acceptors (Lipinski definition) is 7. The number of carbonyl (C=O) groups is 3. The lowest BCUT2D eigenvalue weighted by Crippen LogP contribution is -2.19. The molecule has 5 rings (SSSR count). The van der Waals surface area contributed by atoms with Crippen LogP contribution in [0.5, 0.6) is 0 Å². The number of carbonyl (C=O) groups excluding carboxylic acids is 3. The van der Waals surface area contributed by atoms with E-state index in [4.69, 9.17) is 49.4 Å². The summed E-state index contributed by atoms with van der Waals surface area (Å²) in [7, 11) is 0. The predicted molar refractivity (Wildman–Crippen MR) is 217 cm³/mol. The van der Waals surface area contributed by atoms with Crippen LogP contribution in [0.1, 0.15) is 84.7 Å². The Morgan fingerprint density at radius 2 is 1.37 bits per heavy atom. The van der Waals surface area contributed by atoms with Gasteiger partial charge in [-0.2, -0.15) is 0 Å². The molecule has 0 fully saturated rings. The summed E-state index contributed by atoms with van der Waals surface area (Å²) < 4.78 is 15.9. The summed E-state index contributed by atoms with van der Waals surface area (Å²) >= 11 is 11.6. The van der Waals surface area contributed by atoms with Crippen molar-refractivity contribution in [3.8, 4) is 17.9 Å². The van der Waals surface area contributed by atoms with Crippen LogP contribution in [0, 0.1) is 13.5 Å². The normalized spacial score (nSPS) is 11.3. The number of benzene rings is 4. The molecule has 0 bridgehead atoms. The minimum Gasteiger partial charge on any atom is -0.465 e. The number of furan rings is 1. The van der Waals surface area contributed by atoms with Crippen LogP contribution in [0.4, 0.5) is 5.69 Å². The monoisotopic (exact) mass is 769 g/mol. The fourth-order valence-corrected chi connectivity index (χ4v) is 5.57. The molecule has 4 aromatic carbocycles. The fourth-order valence-electron chi connectivity index (χ4n) is 5.11. The van der Waals surface area contributed by atoms with E-state index in [0.29, 0.717) is 53.0 Å². The highest BCUT2D eigenvalue weighted by molar-refractivity contribution is 6.33. The molecule has 2 atom stereocenters. The van der Waals surface area contributed by atoms with E-state index in [1.165, 1.54) is 5.56 Å². The number of rotatable bonds is 15. The molecular weight excluding hydrogens is 723 g/mol. The first-order valence-corrected chi connectivity index (χ1v) is 18.5. The van der Waals surface area contributed by atoms with Gasteiger partial charge in [-0.1, -0.05) is 128 Å². The second-order valence-corrected chi connectivity index (χ2v) is 13.3. The Balaban J connectivity index is 0.000000265. The van der Waals surface area contributed by atoms with Crippen molar-refractivity contribution in [3.05, 3.63) is 153 Å². The Morgan fingerprint density at radius 3 is 1.91 bits per heavy atom. The lowest BCUT2D eigenvalue weighted by Gasteiger charge is -2.13. The zero-order valence-electron chi connectivity index (χ0n) is 30.7. The van der Waals surface area contributed by atoms with Gasteiger partial charge in [0.25, 0.3) is 6.57 Å². The van der Waals surface area contributed by atoms with Gasteiger partial charge in [0.1, 0.15) is 17.4 Å². The quantitative estimate of drug-likeness (QED) is 0.0640. The van der Waals surface area contributed by atoms with Gasteiger partial charge in [0.2, 0.25) is 0 Å². The highest BCUT2D eigenvalue weighted by atomic mass is 35.5. The average molecular weight is 771 g/mol. The molecule has 2 unspecified atom stereocenters. The molecular formula is C44H47Cl2N2O6+. The molecule has 0 spiro atoms. The summed E-state index contributed by atoms with van der Waals surface area (Å²) in [6.45, 7) is 9.65. The second kappa shape index (κ2) is 24.2. The SMILES string of the molecule is C#[N+]c1c(C)cccc1Cl.CC(COC(=O)CCCCCCC(=O)OCC(N)c1ccccc1)c1ccccc1.O=Cc1ccc(-c2cccc(Cl)c2)o1. The van der Waals surface area contributed by atoms with Crippen molar-refractivity contribution < 1.29 is 28.3 Å². The molecule has 0 amide bonds. The molecule has 8 nitrogen and oxygen atoms in total. The third-order valence-electron chi connectivity index (χ3n) is 8.20. The smallest absolute Gasteiger partial charge is 0.361 e. The summed E-state index contributed by atoms with van der Waals surface area (Å²) in [5, 5.41) is 1.24. The largest absolute Gasteiger partial charge is 0.465 e. The molecule has 0 saturated heterocycles. The first-order valence-electron chi connectivity index (χ1n) is 17.7. The van der Waals surface area contributed by atoms with E-state index in [9.17, 15) is 14.4 Å². The molecule has 5 aromatic rings. The number of aldehydes is 1. The number of unbranched alkanes of at least 4 members (excludes halogenated alkanes) is 3. The van der Waals surface area contributed by atoms with E-state index in [-0.39, 0.29) is 30.5 Å². The van der Waals surface area contributed by atoms with Crippen LogP contribution in [0.25, 0.3) is 16.2 Å². The van der Waals surface area contributed by atoms with Crippen LogP contribution >= 0.6 is 23.2 Å². The minimum absolute atomic E-state index is 0.160. The molecule has 1 heterocycles. The van der Waals surface area contributed by atoms with Crippen molar-refractivity contribution in [3.63, 3.8) is 0 Å². The average Bonchev–Trinajstić information content (AvgIpc) is 3.68. The molecule has 0 aliphatic rings. The number of hydrogen-bond donors (Lipinski definition) is 1. The van der Waals surface area contributed by atoms with Crippen LogP contribution in [0.15, 0.2) is 120 Å². The van der Waals surface area contributed by atoms with Gasteiger partial charge in [-0.3, -0.25) is 14.4 Å². The Bertz CT molecular complexity index is 1840. The topological polar surface area (TPSA) is 113 Å². The maximum atomic E-state index is 11.9. The standard InChI is InChI=1S/C25H33NO4.C11H7ClO2.C8H7ClN/c1-20(21-12-6-4-7-13-21)18-29-24(27)16-10-2-3-11-17-25(28)30-19-23(26)22-14-8-5-9-15-22;12-9-3-1-2-8(6-9)11-5-4-10(7-13)14-11;1-6-4-3-5-7(9)8(6)10-2/h4-9,12-15,20,23H,2-3,10-11,16-19,26H2,1H3;1-7H;2-5H,1H3/q;;+1. The second-order valence-electron chi connectivity index (χ2n) is 12.5. The van der Waals surface area contributed by atoms with Crippen molar-refractivity contribution in [2.75, 3.05) is 13.2 Å². The lowest BCUT2D eigenvalue weighted by molar-refractivity contribution is -0.145. The number of esters is 2. The number of ether oxygens (including phenoxy) is 2. The van der Waals surface area contributed by atoms with Gasteiger partial charge in [0.05, 0.1) is 12.6 Å². The van der Waals surface area contributed by atoms with Gasteiger partial charge >= 0.3 is 17.6 Å². The molecule has 0 saturated carbocycles. The highest BCUT2D eigenvalue weighted by Gasteiger charge is 2.12. The van der Waals surface area contributed by atoms with Crippen molar-refractivity contribution in [1.29, 1.82) is 0 Å². The molecule has 1 aromatic heterocycles. The van der Waals surface area contributed by atoms with Crippen molar-refractivity contribution >= 4 is 47.1 Å². The van der Waals surface area contributed by atoms with E-state index in [1.54, 1.807) is 30.3 Å². The third kappa shape index (κ3) is 15.8. The highest BCUT2D eigenvalue weighted by Crippen LogP contribution is 2.28. The zero-order valence-corrected chi connectivity index (χ0v) is 32.2. The van der Waals surface area contributed by atoms with Gasteiger partial charge in [-0.05, 0) is 66.1 Å². The van der Waals surface area contributed by atoms with Crippen LogP contribution in [0.2, 0.25) is 10.0 Å². The van der Waals surface area contributed by atoms with Crippen LogP contribution < -0.4 is 5.73 Å². The first kappa shape index (κ1) is 43.2. The summed E-state index contributed by atoms with van der Waals surface area (Å²) in [6.07, 6.45) is 4.76. The minimum atomic E-state index is -0.300. The van der Waals surface area contributed by atoms with Gasteiger partial charge in [0, 0.05) is 34.9 Å². The number of nitrogens with zero attached hydrogens (tertiary/aromatic N) is 1. The zero-order chi connectivity index (χ0) is 39.1. The Labute approximate surface area is 328 Å². The fraction of sp³-hybridized carbons (Fsp3) is 0.273. The summed E-state index contributed by atoms with van der Waals surface area (Å²) in [6, 6.07) is 35.5.